The van der Waals surface area contributed by atoms with Crippen molar-refractivity contribution in [2.75, 3.05) is 50.8 Å². The lowest BCUT2D eigenvalue weighted by molar-refractivity contribution is -0.144. The zero-order chi connectivity index (χ0) is 64.1. The number of aliphatic hydroxyl groups excluding tert-OH is 1. The fraction of sp³-hybridized carbons (Fsp3) is 0.536. The molecular weight excluding hydrogens is 1180 g/mol. The van der Waals surface area contributed by atoms with Gasteiger partial charge in [-0.1, -0.05) is 95.5 Å². The van der Waals surface area contributed by atoms with Gasteiger partial charge in [-0.25, -0.2) is 18.6 Å². The van der Waals surface area contributed by atoms with E-state index in [1.54, 1.807) is 11.3 Å². The van der Waals surface area contributed by atoms with Crippen molar-refractivity contribution in [3.8, 4) is 45.8 Å². The lowest BCUT2D eigenvalue weighted by atomic mass is 9.85. The van der Waals surface area contributed by atoms with Gasteiger partial charge in [0.25, 0.3) is 0 Å². The average Bonchev–Trinajstić information content (AvgIpc) is 1.47. The molecule has 6 N–H and O–H groups in total. The van der Waals surface area contributed by atoms with Crippen molar-refractivity contribution in [2.24, 2.45) is 5.41 Å². The monoisotopic (exact) mass is 1270 g/mol. The quantitative estimate of drug-likeness (QED) is 0.0244. The number of unbranched alkanes of at least 4 members (excludes halogenated alkanes) is 7. The number of fused-ring (bicyclic) bond motifs is 5. The standard InChI is InChI=1S/C69H85F2N11O8S/c1-7-51-54(70)25-22-45-31-49(83)32-52(57(45)51)59-58(71)60-53(34-73-59)63(80-35-46-23-24-47(36-80)76-46)79-66(78-60)90-39-69-27-16-30-82(69)48(26-28-69)38-89-67(88)72-29-15-13-11-9-8-10-12-14-17-56(85)77-62(68(4,5)6)65(87)81-37-50(84)33-55(81)64(86)75-41(2)43-18-20-44(21-19-43)61-42(3)74-40-91-61/h1,18-22,25,31-32,34,40-41,46-48,50,55,62,76,83-84H,8-17,23-24,26-30,33,35-39H2,2-6H3,(H,72,88)(H,75,86)(H,77,85)/t41-,46?,47?,48?,50+,55?,62?,69?/m0/s1. The van der Waals surface area contributed by atoms with Crippen LogP contribution in [-0.2, 0) is 19.1 Å². The summed E-state index contributed by atoms with van der Waals surface area (Å²) in [7, 11) is 0. The molecule has 4 amide bonds. The molecule has 8 heterocycles. The number of aromatic nitrogens is 4. The molecule has 6 unspecified atom stereocenters. The number of aliphatic hydroxyl groups is 1. The number of alkyl carbamates (subject to hydrolysis) is 1. The van der Waals surface area contributed by atoms with Gasteiger partial charge in [0.2, 0.25) is 17.7 Å². The van der Waals surface area contributed by atoms with Crippen LogP contribution in [0.2, 0.25) is 0 Å². The number of hydrogen-bond donors (Lipinski definition) is 6. The van der Waals surface area contributed by atoms with Gasteiger partial charge in [0, 0.05) is 74.3 Å². The van der Waals surface area contributed by atoms with Crippen LogP contribution in [0, 0.1) is 36.3 Å². The van der Waals surface area contributed by atoms with E-state index in [0.717, 1.165) is 112 Å². The second kappa shape index (κ2) is 28.1. The van der Waals surface area contributed by atoms with Crippen molar-refractivity contribution in [1.82, 2.24) is 51.0 Å². The number of terminal acetylenes is 1. The van der Waals surface area contributed by atoms with E-state index >= 15 is 8.78 Å². The fourth-order valence-electron chi connectivity index (χ4n) is 14.4. The van der Waals surface area contributed by atoms with Crippen LogP contribution in [0.3, 0.4) is 0 Å². The summed E-state index contributed by atoms with van der Waals surface area (Å²) in [5, 5.41) is 35.1. The molecule has 0 saturated carbocycles. The summed E-state index contributed by atoms with van der Waals surface area (Å²) in [6, 6.07) is 11.9. The number of thiazole rings is 1. The molecule has 3 aromatic heterocycles. The Morgan fingerprint density at radius 2 is 1.66 bits per heavy atom. The summed E-state index contributed by atoms with van der Waals surface area (Å²) in [5.41, 5.74) is 3.64. The van der Waals surface area contributed by atoms with Gasteiger partial charge in [0.05, 0.1) is 44.7 Å². The van der Waals surface area contributed by atoms with Gasteiger partial charge in [0.15, 0.2) is 5.82 Å². The third-order valence-corrected chi connectivity index (χ3v) is 20.2. The normalized spacial score (nSPS) is 22.0. The van der Waals surface area contributed by atoms with Crippen molar-refractivity contribution in [2.45, 2.75) is 185 Å². The highest BCUT2D eigenvalue weighted by Crippen LogP contribution is 2.44. The summed E-state index contributed by atoms with van der Waals surface area (Å²) in [5.74, 6) is 0.378. The highest BCUT2D eigenvalue weighted by molar-refractivity contribution is 7.13. The van der Waals surface area contributed by atoms with Crippen LogP contribution in [0.1, 0.15) is 153 Å². The number of likely N-dealkylation sites (tertiary alicyclic amines) is 1. The number of carbonyl (C=O) groups excluding carboxylic acids is 4. The van der Waals surface area contributed by atoms with Gasteiger partial charge in [0.1, 0.15) is 53.9 Å². The van der Waals surface area contributed by atoms with E-state index in [4.69, 9.17) is 25.9 Å². The molecule has 0 spiro atoms. The van der Waals surface area contributed by atoms with E-state index in [-0.39, 0.29) is 120 Å². The lowest BCUT2D eigenvalue weighted by Crippen LogP contribution is -2.57. The van der Waals surface area contributed by atoms with Crippen LogP contribution in [0.15, 0.2) is 60.2 Å². The number of anilines is 1. The smallest absolute Gasteiger partial charge is 0.407 e. The molecule has 0 radical (unpaired) electrons. The number of carbonyl (C=O) groups is 4. The van der Waals surface area contributed by atoms with Crippen molar-refractivity contribution in [1.29, 1.82) is 0 Å². The summed E-state index contributed by atoms with van der Waals surface area (Å²) < 4.78 is 44.7. The molecule has 91 heavy (non-hydrogen) atoms. The van der Waals surface area contributed by atoms with Gasteiger partial charge in [-0.15, -0.1) is 17.8 Å². The van der Waals surface area contributed by atoms with Crippen molar-refractivity contribution in [3.63, 3.8) is 0 Å². The molecule has 5 aliphatic rings. The maximum Gasteiger partial charge on any atom is 0.407 e. The lowest BCUT2D eigenvalue weighted by Gasteiger charge is -2.35. The number of nitrogens with zero attached hydrogens (tertiary/aromatic N) is 7. The summed E-state index contributed by atoms with van der Waals surface area (Å²) in [4.78, 5) is 79.8. The minimum absolute atomic E-state index is 0.00331. The zero-order valence-electron chi connectivity index (χ0n) is 52.8. The molecule has 8 atom stereocenters. The van der Waals surface area contributed by atoms with Crippen molar-refractivity contribution in [3.05, 3.63) is 88.7 Å². The van der Waals surface area contributed by atoms with Crippen LogP contribution in [0.4, 0.5) is 19.4 Å². The number of benzene rings is 3. The number of hydrogen-bond acceptors (Lipinski definition) is 16. The number of ether oxygens (including phenoxy) is 2. The molecule has 22 heteroatoms. The number of aryl methyl sites for hydroxylation is 1. The third-order valence-electron chi connectivity index (χ3n) is 19.2. The predicted molar refractivity (Wildman–Crippen MR) is 346 cm³/mol. The largest absolute Gasteiger partial charge is 0.508 e. The first-order valence-electron chi connectivity index (χ1n) is 32.5. The molecular formula is C69H85F2N11O8S. The van der Waals surface area contributed by atoms with Crippen LogP contribution in [0.5, 0.6) is 11.8 Å². The first-order chi connectivity index (χ1) is 43.8. The Hall–Kier alpha value is -7.58. The van der Waals surface area contributed by atoms with Crippen LogP contribution in [-0.4, -0.2) is 152 Å². The van der Waals surface area contributed by atoms with Crippen LogP contribution < -0.4 is 30.9 Å². The second-order valence-corrected chi connectivity index (χ2v) is 27.6. The Balaban J connectivity index is 0.596. The van der Waals surface area contributed by atoms with E-state index in [0.29, 0.717) is 42.6 Å². The van der Waals surface area contributed by atoms with Gasteiger partial charge >= 0.3 is 12.1 Å². The Morgan fingerprint density at radius 1 is 0.923 bits per heavy atom. The van der Waals surface area contributed by atoms with E-state index in [1.165, 1.54) is 35.4 Å². The minimum Gasteiger partial charge on any atom is -0.508 e. The molecule has 5 fully saturated rings. The number of rotatable bonds is 24. The SMILES string of the molecule is C#Cc1c(F)ccc2cc(O)cc(-c3ncc4c(N5CC6CCC(C5)N6)nc(OCC56CCCN5C(COC(=O)NCCCCCCCCCCC(=O)NC(C(=O)N5C[C@H](O)CC5C(=O)N[C@@H](C)c5ccc(-c7scnc7C)cc5)C(C)(C)C)CC6)nc4c3F)c12. The Kier molecular flexibility index (Phi) is 20.1. The van der Waals surface area contributed by atoms with E-state index in [2.05, 4.69) is 47.0 Å². The van der Waals surface area contributed by atoms with Crippen molar-refractivity contribution < 1.29 is 47.6 Å². The first kappa shape index (κ1) is 64.9. The molecule has 5 aliphatic heterocycles. The van der Waals surface area contributed by atoms with Crippen LogP contribution in [0.25, 0.3) is 43.4 Å². The van der Waals surface area contributed by atoms with Gasteiger partial charge in [-0.05, 0) is 112 Å². The van der Waals surface area contributed by atoms with Crippen molar-refractivity contribution >= 4 is 62.6 Å². The molecule has 11 rings (SSSR count). The van der Waals surface area contributed by atoms with Crippen LogP contribution >= 0.6 is 11.3 Å². The Labute approximate surface area is 534 Å². The molecule has 0 aliphatic carbocycles. The Bertz CT molecular complexity index is 3680. The molecule has 3 aromatic carbocycles. The molecule has 6 aromatic rings. The number of aromatic hydroxyl groups is 1. The second-order valence-electron chi connectivity index (χ2n) is 26.7. The molecule has 484 valence electrons. The number of pyridine rings is 1. The number of β-amino-alcohol motifs (C(OH)–C–C–N with tert-alkyl or cyclic N) is 1. The summed E-state index contributed by atoms with van der Waals surface area (Å²) in [6.07, 6.45) is 19.2. The maximum absolute atomic E-state index is 17.2. The number of nitrogens with one attached hydrogen (secondary N) is 4. The third kappa shape index (κ3) is 14.5. The number of phenolic OH excluding ortho intramolecular Hbond substituents is 1. The van der Waals surface area contributed by atoms with E-state index < -0.39 is 41.3 Å². The highest BCUT2D eigenvalue weighted by atomic mass is 32.1. The number of halogens is 2. The fourth-order valence-corrected chi connectivity index (χ4v) is 15.2. The number of amides is 4. The highest BCUT2D eigenvalue weighted by Gasteiger charge is 2.51. The first-order valence-corrected chi connectivity index (χ1v) is 33.3. The predicted octanol–water partition coefficient (Wildman–Crippen LogP) is 10.2. The molecule has 19 nitrogen and oxygen atoms in total. The Morgan fingerprint density at radius 3 is 2.37 bits per heavy atom. The van der Waals surface area contributed by atoms with E-state index in [1.807, 2.05) is 64.4 Å². The topological polar surface area (TPSA) is 237 Å². The molecule has 5 saturated heterocycles. The number of piperazine rings is 1. The van der Waals surface area contributed by atoms with E-state index in [9.17, 15) is 29.4 Å². The number of phenols is 1. The summed E-state index contributed by atoms with van der Waals surface area (Å²) in [6.45, 7) is 12.6. The van der Waals surface area contributed by atoms with Gasteiger partial charge in [-0.3, -0.25) is 24.3 Å². The minimum atomic E-state index is -0.885. The average molecular weight is 1270 g/mol. The van der Waals surface area contributed by atoms with Gasteiger partial charge < -0.3 is 50.8 Å². The zero-order valence-corrected chi connectivity index (χ0v) is 53.6. The maximum atomic E-state index is 17.2. The summed E-state index contributed by atoms with van der Waals surface area (Å²) >= 11 is 1.58. The van der Waals surface area contributed by atoms with Gasteiger partial charge in [-0.2, -0.15) is 9.97 Å². The molecule has 2 bridgehead atoms.